The molecule has 0 atom stereocenters. The molecular formula is C12H14BrN5. The number of rotatable bonds is 3. The third-order valence-corrected chi connectivity index (χ3v) is 2.83. The zero-order valence-corrected chi connectivity index (χ0v) is 11.8. The second kappa shape index (κ2) is 5.22. The summed E-state index contributed by atoms with van der Waals surface area (Å²) in [7, 11) is 3.82. The Kier molecular flexibility index (Phi) is 3.66. The molecule has 5 nitrogen and oxygen atoms in total. The summed E-state index contributed by atoms with van der Waals surface area (Å²) in [4.78, 5) is 10.2. The first kappa shape index (κ1) is 12.6. The topological polar surface area (TPSA) is 67.1 Å². The molecule has 0 aliphatic heterocycles. The van der Waals surface area contributed by atoms with Crippen molar-refractivity contribution in [2.45, 2.75) is 0 Å². The molecule has 0 saturated carbocycles. The van der Waals surface area contributed by atoms with Gasteiger partial charge in [-0.1, -0.05) is 15.9 Å². The van der Waals surface area contributed by atoms with Crippen molar-refractivity contribution in [1.82, 2.24) is 9.97 Å². The van der Waals surface area contributed by atoms with Crippen molar-refractivity contribution in [3.05, 3.63) is 34.8 Å². The Hall–Kier alpha value is -1.82. The van der Waals surface area contributed by atoms with E-state index < -0.39 is 0 Å². The number of nitrogens with two attached hydrogens (primary N) is 1. The molecule has 0 aliphatic carbocycles. The minimum absolute atomic E-state index is 0.251. The third-order valence-electron chi connectivity index (χ3n) is 2.30. The average Bonchev–Trinajstić information content (AvgIpc) is 2.31. The summed E-state index contributed by atoms with van der Waals surface area (Å²) >= 11 is 3.39. The van der Waals surface area contributed by atoms with E-state index in [2.05, 4.69) is 31.2 Å². The number of hydrogen-bond donors (Lipinski definition) is 2. The molecular weight excluding hydrogens is 294 g/mol. The summed E-state index contributed by atoms with van der Waals surface area (Å²) in [5, 5.41) is 3.19. The number of nitrogens with one attached hydrogen (secondary N) is 1. The SMILES string of the molecule is CN(C)c1cc(Nc2ccc(Br)cc2)nc(N)n1. The summed E-state index contributed by atoms with van der Waals surface area (Å²) in [5.74, 6) is 1.69. The standard InChI is InChI=1S/C12H14BrN5/c1-18(2)11-7-10(16-12(14)17-11)15-9-5-3-8(13)4-6-9/h3-7H,1-2H3,(H3,14,15,16,17). The van der Waals surface area contributed by atoms with Crippen LogP contribution in [0.1, 0.15) is 0 Å². The van der Waals surface area contributed by atoms with Gasteiger partial charge in [-0.15, -0.1) is 0 Å². The minimum atomic E-state index is 0.251. The largest absolute Gasteiger partial charge is 0.368 e. The maximum absolute atomic E-state index is 5.68. The van der Waals surface area contributed by atoms with Crippen LogP contribution in [0.15, 0.2) is 34.8 Å². The van der Waals surface area contributed by atoms with Crippen molar-refractivity contribution in [3.8, 4) is 0 Å². The van der Waals surface area contributed by atoms with E-state index in [4.69, 9.17) is 5.73 Å². The number of nitrogens with zero attached hydrogens (tertiary/aromatic N) is 3. The molecule has 18 heavy (non-hydrogen) atoms. The number of benzene rings is 1. The fourth-order valence-electron chi connectivity index (χ4n) is 1.43. The lowest BCUT2D eigenvalue weighted by Crippen LogP contribution is -2.13. The van der Waals surface area contributed by atoms with Crippen LogP contribution in [0.4, 0.5) is 23.3 Å². The van der Waals surface area contributed by atoms with Gasteiger partial charge in [-0.3, -0.25) is 0 Å². The van der Waals surface area contributed by atoms with Crippen molar-refractivity contribution in [2.24, 2.45) is 0 Å². The molecule has 2 aromatic rings. The summed E-state index contributed by atoms with van der Waals surface area (Å²) in [6.45, 7) is 0. The highest BCUT2D eigenvalue weighted by atomic mass is 79.9. The maximum atomic E-state index is 5.68. The van der Waals surface area contributed by atoms with E-state index >= 15 is 0 Å². The lowest BCUT2D eigenvalue weighted by Gasteiger charge is -2.13. The molecule has 3 N–H and O–H groups in total. The van der Waals surface area contributed by atoms with Gasteiger partial charge >= 0.3 is 0 Å². The van der Waals surface area contributed by atoms with E-state index in [1.54, 1.807) is 0 Å². The molecule has 94 valence electrons. The first-order chi connectivity index (χ1) is 8.54. The van der Waals surface area contributed by atoms with Crippen LogP contribution < -0.4 is 16.0 Å². The Labute approximate surface area is 114 Å². The van der Waals surface area contributed by atoms with E-state index in [1.165, 1.54) is 0 Å². The van der Waals surface area contributed by atoms with Crippen LogP contribution in [0.2, 0.25) is 0 Å². The summed E-state index contributed by atoms with van der Waals surface area (Å²) in [6.07, 6.45) is 0. The summed E-state index contributed by atoms with van der Waals surface area (Å²) < 4.78 is 1.03. The molecule has 0 spiro atoms. The zero-order chi connectivity index (χ0) is 13.1. The fourth-order valence-corrected chi connectivity index (χ4v) is 1.69. The monoisotopic (exact) mass is 307 g/mol. The first-order valence-corrected chi connectivity index (χ1v) is 6.18. The van der Waals surface area contributed by atoms with Gasteiger partial charge in [0, 0.05) is 30.3 Å². The van der Waals surface area contributed by atoms with Gasteiger partial charge in [0.25, 0.3) is 0 Å². The lowest BCUT2D eigenvalue weighted by atomic mass is 10.3. The van der Waals surface area contributed by atoms with Gasteiger partial charge in [0.05, 0.1) is 0 Å². The van der Waals surface area contributed by atoms with Crippen molar-refractivity contribution >= 4 is 39.2 Å². The zero-order valence-electron chi connectivity index (χ0n) is 10.2. The Bertz CT molecular complexity index is 539. The number of anilines is 4. The molecule has 0 amide bonds. The second-order valence-electron chi connectivity index (χ2n) is 4.00. The van der Waals surface area contributed by atoms with E-state index in [0.717, 1.165) is 16.0 Å². The molecule has 0 saturated heterocycles. The Morgan fingerprint density at radius 3 is 2.44 bits per heavy atom. The van der Waals surface area contributed by atoms with Crippen molar-refractivity contribution in [3.63, 3.8) is 0 Å². The Morgan fingerprint density at radius 1 is 1.17 bits per heavy atom. The number of hydrogen-bond acceptors (Lipinski definition) is 5. The number of halogens is 1. The van der Waals surface area contributed by atoms with Gasteiger partial charge < -0.3 is 16.0 Å². The van der Waals surface area contributed by atoms with E-state index in [1.807, 2.05) is 49.3 Å². The minimum Gasteiger partial charge on any atom is -0.368 e. The smallest absolute Gasteiger partial charge is 0.223 e. The molecule has 0 bridgehead atoms. The molecule has 1 heterocycles. The van der Waals surface area contributed by atoms with Crippen LogP contribution in [-0.4, -0.2) is 24.1 Å². The molecule has 1 aromatic carbocycles. The van der Waals surface area contributed by atoms with Gasteiger partial charge in [0.2, 0.25) is 5.95 Å². The highest BCUT2D eigenvalue weighted by molar-refractivity contribution is 9.10. The molecule has 0 unspecified atom stereocenters. The molecule has 0 fully saturated rings. The quantitative estimate of drug-likeness (QED) is 0.912. The Balaban J connectivity index is 2.26. The molecule has 0 aliphatic rings. The number of aromatic nitrogens is 2. The average molecular weight is 308 g/mol. The van der Waals surface area contributed by atoms with Gasteiger partial charge in [-0.05, 0) is 24.3 Å². The van der Waals surface area contributed by atoms with Gasteiger partial charge in [-0.25, -0.2) is 0 Å². The summed E-state index contributed by atoms with van der Waals surface area (Å²) in [5.41, 5.74) is 6.62. The van der Waals surface area contributed by atoms with Crippen LogP contribution in [0, 0.1) is 0 Å². The normalized spacial score (nSPS) is 10.2. The van der Waals surface area contributed by atoms with Crippen LogP contribution in [0.3, 0.4) is 0 Å². The van der Waals surface area contributed by atoms with Crippen molar-refractivity contribution < 1.29 is 0 Å². The van der Waals surface area contributed by atoms with Gasteiger partial charge in [0.1, 0.15) is 11.6 Å². The van der Waals surface area contributed by atoms with E-state index in [0.29, 0.717) is 5.82 Å². The van der Waals surface area contributed by atoms with E-state index in [9.17, 15) is 0 Å². The molecule has 1 aromatic heterocycles. The molecule has 6 heteroatoms. The van der Waals surface area contributed by atoms with Crippen LogP contribution >= 0.6 is 15.9 Å². The highest BCUT2D eigenvalue weighted by Gasteiger charge is 2.04. The number of nitrogen functional groups attached to an aromatic ring is 1. The fraction of sp³-hybridized carbons (Fsp3) is 0.167. The lowest BCUT2D eigenvalue weighted by molar-refractivity contribution is 1.05. The third kappa shape index (κ3) is 3.10. The van der Waals surface area contributed by atoms with Crippen LogP contribution in [-0.2, 0) is 0 Å². The Morgan fingerprint density at radius 2 is 1.83 bits per heavy atom. The molecule has 2 rings (SSSR count). The maximum Gasteiger partial charge on any atom is 0.223 e. The van der Waals surface area contributed by atoms with Gasteiger partial charge in [-0.2, -0.15) is 9.97 Å². The summed E-state index contributed by atoms with van der Waals surface area (Å²) in [6, 6.07) is 9.67. The highest BCUT2D eigenvalue weighted by Crippen LogP contribution is 2.21. The predicted molar refractivity (Wildman–Crippen MR) is 78.2 cm³/mol. The first-order valence-electron chi connectivity index (χ1n) is 5.39. The predicted octanol–water partition coefficient (Wildman–Crippen LogP) is 2.63. The van der Waals surface area contributed by atoms with Crippen LogP contribution in [0.5, 0.6) is 0 Å². The van der Waals surface area contributed by atoms with Crippen molar-refractivity contribution in [2.75, 3.05) is 30.0 Å². The van der Waals surface area contributed by atoms with Crippen molar-refractivity contribution in [1.29, 1.82) is 0 Å². The van der Waals surface area contributed by atoms with Gasteiger partial charge in [0.15, 0.2) is 0 Å². The van der Waals surface area contributed by atoms with E-state index in [-0.39, 0.29) is 5.95 Å². The second-order valence-corrected chi connectivity index (χ2v) is 4.91. The van der Waals surface area contributed by atoms with Crippen LogP contribution in [0.25, 0.3) is 0 Å². The molecule has 0 radical (unpaired) electrons.